The summed E-state index contributed by atoms with van der Waals surface area (Å²) in [6, 6.07) is 3.65. The van der Waals surface area contributed by atoms with E-state index in [2.05, 4.69) is 26.8 Å². The van der Waals surface area contributed by atoms with Crippen molar-refractivity contribution in [3.05, 3.63) is 47.3 Å². The van der Waals surface area contributed by atoms with E-state index >= 15 is 0 Å². The molecule has 1 aliphatic rings. The third-order valence-electron chi connectivity index (χ3n) is 4.08. The number of imidazole rings is 1. The van der Waals surface area contributed by atoms with Crippen LogP contribution < -0.4 is 5.32 Å². The maximum atomic E-state index is 12.0. The quantitative estimate of drug-likeness (QED) is 0.890. The van der Waals surface area contributed by atoms with Crippen LogP contribution in [0.3, 0.4) is 0 Å². The summed E-state index contributed by atoms with van der Waals surface area (Å²) in [6.45, 7) is 5.66. The molecule has 1 amide bonds. The smallest absolute Gasteiger partial charge is 0.252 e. The van der Waals surface area contributed by atoms with E-state index in [1.807, 2.05) is 19.2 Å². The number of hydrogen-bond acceptors (Lipinski definition) is 3. The Kier molecular flexibility index (Phi) is 4.22. The van der Waals surface area contributed by atoms with Gasteiger partial charge in [-0.3, -0.25) is 9.78 Å². The van der Waals surface area contributed by atoms with Gasteiger partial charge in [0.1, 0.15) is 5.82 Å². The number of aromatic nitrogens is 3. The summed E-state index contributed by atoms with van der Waals surface area (Å²) in [5, 5.41) is 2.94. The second-order valence-corrected chi connectivity index (χ2v) is 6.06. The average Bonchev–Trinajstić information content (AvgIpc) is 3.26. The molecule has 0 aromatic carbocycles. The molecule has 2 aromatic heterocycles. The van der Waals surface area contributed by atoms with Crippen LogP contribution in [0.15, 0.2) is 24.5 Å². The number of nitrogens with one attached hydrogen (secondary N) is 1. The predicted octanol–water partition coefficient (Wildman–Crippen LogP) is 2.28. The number of rotatable bonds is 6. The maximum absolute atomic E-state index is 12.0. The predicted molar refractivity (Wildman–Crippen MR) is 84.7 cm³/mol. The topological polar surface area (TPSA) is 59.8 Å². The molecule has 0 saturated heterocycles. The van der Waals surface area contributed by atoms with E-state index < -0.39 is 0 Å². The molecule has 5 nitrogen and oxygen atoms in total. The van der Waals surface area contributed by atoms with Crippen LogP contribution in [-0.4, -0.2) is 27.0 Å². The number of pyridine rings is 1. The van der Waals surface area contributed by atoms with Crippen LogP contribution in [0.1, 0.15) is 40.4 Å². The Morgan fingerprint density at radius 3 is 2.77 bits per heavy atom. The van der Waals surface area contributed by atoms with Gasteiger partial charge in [-0.25, -0.2) is 4.98 Å². The third-order valence-corrected chi connectivity index (χ3v) is 4.08. The van der Waals surface area contributed by atoms with Crippen molar-refractivity contribution in [3.8, 4) is 0 Å². The summed E-state index contributed by atoms with van der Waals surface area (Å²) in [5.41, 5.74) is 2.72. The molecule has 22 heavy (non-hydrogen) atoms. The Morgan fingerprint density at radius 1 is 1.27 bits per heavy atom. The molecule has 0 atom stereocenters. The number of carbonyl (C=O) groups excluding carboxylic acids is 1. The maximum Gasteiger partial charge on any atom is 0.252 e. The highest BCUT2D eigenvalue weighted by atomic mass is 16.1. The van der Waals surface area contributed by atoms with Crippen LogP contribution in [0, 0.1) is 19.8 Å². The summed E-state index contributed by atoms with van der Waals surface area (Å²) in [5.74, 6) is 1.80. The summed E-state index contributed by atoms with van der Waals surface area (Å²) >= 11 is 0. The lowest BCUT2D eigenvalue weighted by Crippen LogP contribution is -2.26. The first-order chi connectivity index (χ1) is 10.6. The van der Waals surface area contributed by atoms with Crippen LogP contribution in [0.4, 0.5) is 0 Å². The van der Waals surface area contributed by atoms with E-state index in [-0.39, 0.29) is 5.91 Å². The van der Waals surface area contributed by atoms with E-state index in [1.165, 1.54) is 18.5 Å². The summed E-state index contributed by atoms with van der Waals surface area (Å²) < 4.78 is 2.29. The van der Waals surface area contributed by atoms with E-state index in [0.29, 0.717) is 12.1 Å². The number of aryl methyl sites for hydroxylation is 2. The molecule has 5 heteroatoms. The Labute approximate surface area is 130 Å². The van der Waals surface area contributed by atoms with Crippen molar-refractivity contribution in [2.24, 2.45) is 5.92 Å². The van der Waals surface area contributed by atoms with Gasteiger partial charge in [0.15, 0.2) is 0 Å². The molecule has 1 fully saturated rings. The van der Waals surface area contributed by atoms with Crippen LogP contribution in [-0.2, 0) is 13.0 Å². The van der Waals surface area contributed by atoms with Gasteiger partial charge in [-0.15, -0.1) is 0 Å². The van der Waals surface area contributed by atoms with E-state index in [1.54, 1.807) is 12.3 Å². The zero-order valence-corrected chi connectivity index (χ0v) is 13.2. The largest absolute Gasteiger partial charge is 0.352 e. The van der Waals surface area contributed by atoms with E-state index in [0.717, 1.165) is 30.4 Å². The van der Waals surface area contributed by atoms with Gasteiger partial charge >= 0.3 is 0 Å². The Hall–Kier alpha value is -2.17. The summed E-state index contributed by atoms with van der Waals surface area (Å²) in [6.07, 6.45) is 6.94. The van der Waals surface area contributed by atoms with E-state index in [4.69, 9.17) is 0 Å². The second kappa shape index (κ2) is 6.30. The van der Waals surface area contributed by atoms with Gasteiger partial charge in [0.25, 0.3) is 5.91 Å². The number of hydrogen-bond donors (Lipinski definition) is 1. The monoisotopic (exact) mass is 298 g/mol. The zero-order valence-electron chi connectivity index (χ0n) is 13.2. The van der Waals surface area contributed by atoms with Crippen molar-refractivity contribution in [2.45, 2.75) is 39.7 Å². The second-order valence-electron chi connectivity index (χ2n) is 6.06. The Morgan fingerprint density at radius 2 is 2.09 bits per heavy atom. The highest BCUT2D eigenvalue weighted by Crippen LogP contribution is 2.31. The molecule has 0 radical (unpaired) electrons. The number of carbonyl (C=O) groups is 1. The minimum Gasteiger partial charge on any atom is -0.352 e. The van der Waals surface area contributed by atoms with Gasteiger partial charge in [0.05, 0.1) is 5.56 Å². The first-order valence-corrected chi connectivity index (χ1v) is 7.85. The molecule has 0 unspecified atom stereocenters. The van der Waals surface area contributed by atoms with Crippen LogP contribution in [0.25, 0.3) is 0 Å². The van der Waals surface area contributed by atoms with Crippen LogP contribution >= 0.6 is 0 Å². The first-order valence-electron chi connectivity index (χ1n) is 7.85. The average molecular weight is 298 g/mol. The van der Waals surface area contributed by atoms with Gasteiger partial charge in [-0.1, -0.05) is 0 Å². The molecule has 2 heterocycles. The SMILES string of the molecule is Cc1ccc(C(=O)NCCc2ncc(C)n2CC2CC2)cn1. The molecule has 0 bridgehead atoms. The van der Waals surface area contributed by atoms with Crippen molar-refractivity contribution < 1.29 is 4.79 Å². The lowest BCUT2D eigenvalue weighted by Gasteiger charge is -2.10. The first kappa shape index (κ1) is 14.8. The van der Waals surface area contributed by atoms with Crippen molar-refractivity contribution >= 4 is 5.91 Å². The standard InChI is InChI=1S/C17H22N4O/c1-12-3-6-15(10-19-12)17(22)18-8-7-16-20-9-13(2)21(16)11-14-4-5-14/h3,6,9-10,14H,4-5,7-8,11H2,1-2H3,(H,18,22). The lowest BCUT2D eigenvalue weighted by atomic mass is 10.2. The van der Waals surface area contributed by atoms with Crippen molar-refractivity contribution in [1.82, 2.24) is 19.9 Å². The fourth-order valence-electron chi connectivity index (χ4n) is 2.51. The summed E-state index contributed by atoms with van der Waals surface area (Å²) in [4.78, 5) is 20.7. The van der Waals surface area contributed by atoms with Crippen molar-refractivity contribution in [1.29, 1.82) is 0 Å². The molecule has 1 aliphatic carbocycles. The zero-order chi connectivity index (χ0) is 15.5. The fourth-order valence-corrected chi connectivity index (χ4v) is 2.51. The van der Waals surface area contributed by atoms with Gasteiger partial charge < -0.3 is 9.88 Å². The number of nitrogens with zero attached hydrogens (tertiary/aromatic N) is 3. The number of amides is 1. The van der Waals surface area contributed by atoms with Gasteiger partial charge in [0, 0.05) is 43.3 Å². The normalized spacial score (nSPS) is 14.1. The van der Waals surface area contributed by atoms with Crippen LogP contribution in [0.5, 0.6) is 0 Å². The highest BCUT2D eigenvalue weighted by molar-refractivity contribution is 5.93. The molecular weight excluding hydrogens is 276 g/mol. The van der Waals surface area contributed by atoms with Gasteiger partial charge in [-0.05, 0) is 44.7 Å². The molecule has 1 N–H and O–H groups in total. The molecule has 116 valence electrons. The Balaban J connectivity index is 1.54. The van der Waals surface area contributed by atoms with Gasteiger partial charge in [0.2, 0.25) is 0 Å². The minimum absolute atomic E-state index is 0.0791. The van der Waals surface area contributed by atoms with Crippen molar-refractivity contribution in [2.75, 3.05) is 6.54 Å². The molecule has 3 rings (SSSR count). The molecular formula is C17H22N4O. The molecule has 1 saturated carbocycles. The van der Waals surface area contributed by atoms with Gasteiger partial charge in [-0.2, -0.15) is 0 Å². The minimum atomic E-state index is -0.0791. The van der Waals surface area contributed by atoms with Crippen molar-refractivity contribution in [3.63, 3.8) is 0 Å². The van der Waals surface area contributed by atoms with Crippen LogP contribution in [0.2, 0.25) is 0 Å². The third kappa shape index (κ3) is 3.53. The lowest BCUT2D eigenvalue weighted by molar-refractivity contribution is 0.0953. The fraction of sp³-hybridized carbons (Fsp3) is 0.471. The molecule has 0 spiro atoms. The highest BCUT2D eigenvalue weighted by Gasteiger charge is 2.23. The summed E-state index contributed by atoms with van der Waals surface area (Å²) in [7, 11) is 0. The Bertz CT molecular complexity index is 656. The molecule has 2 aromatic rings. The van der Waals surface area contributed by atoms with E-state index in [9.17, 15) is 4.79 Å². The molecule has 0 aliphatic heterocycles.